The predicted molar refractivity (Wildman–Crippen MR) is 73.8 cm³/mol. The van der Waals surface area contributed by atoms with Crippen molar-refractivity contribution in [2.24, 2.45) is 0 Å². The van der Waals surface area contributed by atoms with Gasteiger partial charge in [-0.3, -0.25) is 9.59 Å². The van der Waals surface area contributed by atoms with E-state index in [1.807, 2.05) is 0 Å². The number of amides is 1. The van der Waals surface area contributed by atoms with Gasteiger partial charge >= 0.3 is 12.6 Å². The van der Waals surface area contributed by atoms with Gasteiger partial charge in [-0.2, -0.15) is 8.78 Å². The van der Waals surface area contributed by atoms with Gasteiger partial charge in [-0.15, -0.1) is 11.3 Å². The lowest BCUT2D eigenvalue weighted by Gasteiger charge is -2.22. The fourth-order valence-electron chi connectivity index (χ4n) is 1.45. The molecule has 118 valence electrons. The molecule has 0 aliphatic carbocycles. The molecular weight excluding hydrogens is 304 g/mol. The Hall–Kier alpha value is -1.70. The Labute approximate surface area is 125 Å². The van der Waals surface area contributed by atoms with Crippen LogP contribution in [-0.2, 0) is 9.53 Å². The Morgan fingerprint density at radius 1 is 1.38 bits per heavy atom. The Balaban J connectivity index is 2.71. The van der Waals surface area contributed by atoms with Crippen LogP contribution in [0, 0.1) is 0 Å². The quantitative estimate of drug-likeness (QED) is 0.783. The molecule has 0 aromatic carbocycles. The fraction of sp³-hybridized carbons (Fsp3) is 0.538. The number of likely N-dealkylation sites (N-methyl/N-ethyl adjacent to an activating group) is 1. The second-order valence-corrected chi connectivity index (χ2v) is 6.16. The third-order valence-corrected chi connectivity index (χ3v) is 3.06. The summed E-state index contributed by atoms with van der Waals surface area (Å²) in [7, 11) is 1.39. The number of ether oxygens (including phenoxy) is 2. The Kier molecular flexibility index (Phi) is 5.65. The average Bonchev–Trinajstić information content (AvgIpc) is 2.72. The zero-order valence-corrected chi connectivity index (χ0v) is 13.0. The van der Waals surface area contributed by atoms with Gasteiger partial charge < -0.3 is 14.4 Å². The van der Waals surface area contributed by atoms with E-state index in [4.69, 9.17) is 4.74 Å². The Morgan fingerprint density at radius 3 is 2.52 bits per heavy atom. The SMILES string of the molecule is CN(CC(=O)OC(C)(C)C)C(=O)c1sccc1OC(F)F. The molecule has 0 bridgehead atoms. The first-order valence-corrected chi connectivity index (χ1v) is 6.97. The van der Waals surface area contributed by atoms with E-state index in [2.05, 4.69) is 4.74 Å². The van der Waals surface area contributed by atoms with Crippen LogP contribution in [0.5, 0.6) is 5.75 Å². The fourth-order valence-corrected chi connectivity index (χ4v) is 2.27. The maximum atomic E-state index is 12.2. The molecule has 0 aliphatic rings. The third kappa shape index (κ3) is 5.66. The van der Waals surface area contributed by atoms with Crippen LogP contribution in [0.25, 0.3) is 0 Å². The first kappa shape index (κ1) is 17.4. The summed E-state index contributed by atoms with van der Waals surface area (Å²) in [4.78, 5) is 24.9. The second kappa shape index (κ2) is 6.84. The Bertz CT molecular complexity index is 511. The summed E-state index contributed by atoms with van der Waals surface area (Å²) in [5, 5.41) is 1.46. The summed E-state index contributed by atoms with van der Waals surface area (Å²) in [6.07, 6.45) is 0. The number of esters is 1. The van der Waals surface area contributed by atoms with E-state index in [0.29, 0.717) is 0 Å². The maximum Gasteiger partial charge on any atom is 0.387 e. The lowest BCUT2D eigenvalue weighted by atomic mass is 10.2. The summed E-state index contributed by atoms with van der Waals surface area (Å²) in [6, 6.07) is 1.28. The van der Waals surface area contributed by atoms with Crippen LogP contribution in [0.4, 0.5) is 8.78 Å². The number of alkyl halides is 2. The maximum absolute atomic E-state index is 12.2. The number of thiophene rings is 1. The highest BCUT2D eigenvalue weighted by Gasteiger charge is 2.24. The first-order valence-electron chi connectivity index (χ1n) is 6.10. The van der Waals surface area contributed by atoms with Crippen molar-refractivity contribution in [1.29, 1.82) is 0 Å². The van der Waals surface area contributed by atoms with Gasteiger partial charge in [0.2, 0.25) is 0 Å². The van der Waals surface area contributed by atoms with Crippen molar-refractivity contribution in [3.05, 3.63) is 16.3 Å². The van der Waals surface area contributed by atoms with Crippen LogP contribution < -0.4 is 4.74 Å². The molecule has 0 saturated carbocycles. The molecule has 1 amide bonds. The molecule has 1 rings (SSSR count). The van der Waals surface area contributed by atoms with Gasteiger partial charge in [0.05, 0.1) is 0 Å². The number of carbonyl (C=O) groups excluding carboxylic acids is 2. The van der Waals surface area contributed by atoms with Crippen molar-refractivity contribution in [1.82, 2.24) is 4.90 Å². The van der Waals surface area contributed by atoms with Crippen molar-refractivity contribution in [3.8, 4) is 5.75 Å². The van der Waals surface area contributed by atoms with Gasteiger partial charge in [0.15, 0.2) is 0 Å². The van der Waals surface area contributed by atoms with Crippen LogP contribution in [0.3, 0.4) is 0 Å². The molecule has 0 N–H and O–H groups in total. The first-order chi connectivity index (χ1) is 9.60. The molecule has 5 nitrogen and oxygen atoms in total. The molecule has 1 aromatic rings. The topological polar surface area (TPSA) is 55.8 Å². The van der Waals surface area contributed by atoms with Gasteiger partial charge in [-0.1, -0.05) is 0 Å². The zero-order chi connectivity index (χ0) is 16.2. The average molecular weight is 321 g/mol. The van der Waals surface area contributed by atoms with Crippen molar-refractivity contribution >= 4 is 23.2 Å². The number of hydrogen-bond acceptors (Lipinski definition) is 5. The van der Waals surface area contributed by atoms with E-state index in [0.717, 1.165) is 16.2 Å². The summed E-state index contributed by atoms with van der Waals surface area (Å²) < 4.78 is 33.8. The summed E-state index contributed by atoms with van der Waals surface area (Å²) in [6.45, 7) is 1.84. The van der Waals surface area contributed by atoms with E-state index >= 15 is 0 Å². The van der Waals surface area contributed by atoms with E-state index in [1.165, 1.54) is 18.5 Å². The molecule has 0 saturated heterocycles. The van der Waals surface area contributed by atoms with Crippen LogP contribution in [-0.4, -0.2) is 42.6 Å². The van der Waals surface area contributed by atoms with Crippen molar-refractivity contribution in [3.63, 3.8) is 0 Å². The molecule has 0 radical (unpaired) electrons. The number of nitrogens with zero attached hydrogens (tertiary/aromatic N) is 1. The molecule has 8 heteroatoms. The summed E-state index contributed by atoms with van der Waals surface area (Å²) >= 11 is 0.967. The molecule has 0 atom stereocenters. The van der Waals surface area contributed by atoms with E-state index in [1.54, 1.807) is 20.8 Å². The molecular formula is C13H17F2NO4S. The highest BCUT2D eigenvalue weighted by atomic mass is 32.1. The molecule has 0 aliphatic heterocycles. The Morgan fingerprint density at radius 2 is 2.00 bits per heavy atom. The molecule has 1 aromatic heterocycles. The minimum Gasteiger partial charge on any atom is -0.459 e. The van der Waals surface area contributed by atoms with Gasteiger partial charge in [0.1, 0.15) is 22.8 Å². The third-order valence-electron chi connectivity index (χ3n) is 2.17. The van der Waals surface area contributed by atoms with Crippen LogP contribution in [0.2, 0.25) is 0 Å². The van der Waals surface area contributed by atoms with Crippen molar-refractivity contribution in [2.75, 3.05) is 13.6 Å². The molecule has 0 fully saturated rings. The number of hydrogen-bond donors (Lipinski definition) is 0. The highest BCUT2D eigenvalue weighted by molar-refractivity contribution is 7.12. The van der Waals surface area contributed by atoms with Crippen molar-refractivity contribution in [2.45, 2.75) is 33.0 Å². The number of halogens is 2. The number of rotatable bonds is 5. The minimum atomic E-state index is -3.01. The monoisotopic (exact) mass is 321 g/mol. The lowest BCUT2D eigenvalue weighted by Crippen LogP contribution is -2.36. The van der Waals surface area contributed by atoms with Gasteiger partial charge in [0, 0.05) is 7.05 Å². The van der Waals surface area contributed by atoms with Crippen LogP contribution in [0.1, 0.15) is 30.4 Å². The molecule has 0 unspecified atom stereocenters. The summed E-state index contributed by atoms with van der Waals surface area (Å²) in [5.41, 5.74) is -0.659. The molecule has 1 heterocycles. The molecule has 21 heavy (non-hydrogen) atoms. The minimum absolute atomic E-state index is 0.0151. The second-order valence-electron chi connectivity index (χ2n) is 5.24. The van der Waals surface area contributed by atoms with Gasteiger partial charge in [-0.25, -0.2) is 0 Å². The van der Waals surface area contributed by atoms with Crippen molar-refractivity contribution < 1.29 is 27.8 Å². The van der Waals surface area contributed by atoms with Gasteiger partial charge in [0.25, 0.3) is 5.91 Å². The zero-order valence-electron chi connectivity index (χ0n) is 12.2. The van der Waals surface area contributed by atoms with E-state index in [-0.39, 0.29) is 17.2 Å². The highest BCUT2D eigenvalue weighted by Crippen LogP contribution is 2.27. The summed E-state index contributed by atoms with van der Waals surface area (Å²) in [5.74, 6) is -1.35. The van der Waals surface area contributed by atoms with E-state index in [9.17, 15) is 18.4 Å². The van der Waals surface area contributed by atoms with Crippen LogP contribution >= 0.6 is 11.3 Å². The largest absolute Gasteiger partial charge is 0.459 e. The normalized spacial score (nSPS) is 11.4. The number of carbonyl (C=O) groups is 2. The standard InChI is InChI=1S/C13H17F2NO4S/c1-13(2,3)20-9(17)7-16(4)11(18)10-8(5-6-21-10)19-12(14)15/h5-6,12H,7H2,1-4H3. The molecule has 0 spiro atoms. The van der Waals surface area contributed by atoms with Crippen LogP contribution in [0.15, 0.2) is 11.4 Å². The smallest absolute Gasteiger partial charge is 0.387 e. The van der Waals surface area contributed by atoms with E-state index < -0.39 is 24.1 Å². The van der Waals surface area contributed by atoms with Gasteiger partial charge in [-0.05, 0) is 32.2 Å². The predicted octanol–water partition coefficient (Wildman–Crippen LogP) is 2.76. The lowest BCUT2D eigenvalue weighted by molar-refractivity contribution is -0.155.